The van der Waals surface area contributed by atoms with Crippen LogP contribution in [0.3, 0.4) is 0 Å². The summed E-state index contributed by atoms with van der Waals surface area (Å²) >= 11 is 1.80. The minimum absolute atomic E-state index is 0.203. The first-order chi connectivity index (χ1) is 19.8. The third kappa shape index (κ3) is 4.35. The molecule has 0 amide bonds. The van der Waals surface area contributed by atoms with Gasteiger partial charge in [-0.2, -0.15) is 0 Å². The number of rotatable bonds is 6. The van der Waals surface area contributed by atoms with Crippen molar-refractivity contribution in [1.82, 2.24) is 0 Å². The fourth-order valence-corrected chi connectivity index (χ4v) is 6.56. The topological polar surface area (TPSA) is 26.7 Å². The van der Waals surface area contributed by atoms with Crippen LogP contribution in [-0.2, 0) is 0 Å². The number of phenols is 1. The molecule has 1 aromatic heterocycles. The van der Waals surface area contributed by atoms with E-state index in [2.05, 4.69) is 107 Å². The molecule has 0 fully saturated rings. The van der Waals surface area contributed by atoms with E-state index in [0.29, 0.717) is 0 Å². The third-order valence-electron chi connectivity index (χ3n) is 7.07. The van der Waals surface area contributed by atoms with Crippen LogP contribution >= 0.6 is 11.3 Å². The molecular weight excluding hydrogens is 508 g/mol. The highest BCUT2D eigenvalue weighted by Crippen LogP contribution is 2.47. The molecule has 1 heterocycles. The number of anilines is 6. The van der Waals surface area contributed by atoms with Gasteiger partial charge in [-0.1, -0.05) is 84.9 Å². The van der Waals surface area contributed by atoms with Gasteiger partial charge in [-0.3, -0.25) is 0 Å². The predicted molar refractivity (Wildman–Crippen MR) is 170 cm³/mol. The van der Waals surface area contributed by atoms with Crippen molar-refractivity contribution >= 4 is 65.6 Å². The molecule has 7 rings (SSSR count). The maximum Gasteiger partial charge on any atom is 0.119 e. The number of fused-ring (bicyclic) bond motifs is 3. The van der Waals surface area contributed by atoms with Gasteiger partial charge in [-0.15, -0.1) is 11.3 Å². The Bertz CT molecular complexity index is 1880. The molecule has 0 saturated carbocycles. The van der Waals surface area contributed by atoms with Gasteiger partial charge in [-0.05, 0) is 54.6 Å². The summed E-state index contributed by atoms with van der Waals surface area (Å²) in [6.07, 6.45) is 0. The van der Waals surface area contributed by atoms with E-state index in [1.165, 1.54) is 20.2 Å². The zero-order chi connectivity index (χ0) is 26.9. The molecule has 0 aliphatic carbocycles. The minimum atomic E-state index is 0.203. The monoisotopic (exact) mass is 534 g/mol. The van der Waals surface area contributed by atoms with Gasteiger partial charge in [0.15, 0.2) is 0 Å². The van der Waals surface area contributed by atoms with Crippen molar-refractivity contribution < 1.29 is 5.11 Å². The van der Waals surface area contributed by atoms with Gasteiger partial charge in [0.05, 0.1) is 21.8 Å². The van der Waals surface area contributed by atoms with Crippen LogP contribution in [0.1, 0.15) is 0 Å². The summed E-state index contributed by atoms with van der Waals surface area (Å²) in [6.45, 7) is 0. The summed E-state index contributed by atoms with van der Waals surface area (Å²) in [4.78, 5) is 4.42. The highest BCUT2D eigenvalue weighted by atomic mass is 32.1. The second kappa shape index (κ2) is 10.3. The minimum Gasteiger partial charge on any atom is -0.508 e. The molecule has 7 aromatic rings. The van der Waals surface area contributed by atoms with E-state index in [1.54, 1.807) is 11.3 Å². The Hall–Kier alpha value is -5.06. The van der Waals surface area contributed by atoms with Crippen LogP contribution in [0.2, 0.25) is 0 Å². The van der Waals surface area contributed by atoms with Crippen LogP contribution in [0.4, 0.5) is 34.1 Å². The maximum atomic E-state index is 11.2. The summed E-state index contributed by atoms with van der Waals surface area (Å²) in [5.74, 6) is 0.203. The number of phenolic OH excluding ortho intramolecular Hbond substituents is 1. The maximum absolute atomic E-state index is 11.2. The molecule has 0 unspecified atom stereocenters. The summed E-state index contributed by atoms with van der Waals surface area (Å²) in [5.41, 5.74) is 5.88. The first-order valence-electron chi connectivity index (χ1n) is 13.3. The fourth-order valence-electron chi connectivity index (χ4n) is 5.35. The molecule has 1 N–H and O–H groups in total. The molecule has 0 aliphatic rings. The number of aromatic hydroxyl groups is 1. The zero-order valence-corrected chi connectivity index (χ0v) is 22.5. The number of thiophene rings is 1. The summed E-state index contributed by atoms with van der Waals surface area (Å²) in [5, 5.41) is 13.6. The number of hydrogen-bond donors (Lipinski definition) is 1. The quantitative estimate of drug-likeness (QED) is 0.230. The average molecular weight is 535 g/mol. The molecular formula is C36H26N2OS. The van der Waals surface area contributed by atoms with Crippen LogP contribution in [0.5, 0.6) is 5.75 Å². The molecule has 6 aromatic carbocycles. The van der Waals surface area contributed by atoms with E-state index in [0.717, 1.165) is 34.1 Å². The number of benzene rings is 6. The smallest absolute Gasteiger partial charge is 0.119 e. The normalized spacial score (nSPS) is 11.1. The lowest BCUT2D eigenvalue weighted by Crippen LogP contribution is -2.13. The first kappa shape index (κ1) is 24.0. The standard InChI is InChI=1S/C36H26N2OS/c39-31-24-29(37(26-13-4-1-5-14-26)27-15-6-2-7-16-27)23-30(25-31)38(28-17-8-3-9-18-28)34-21-12-20-33-32-19-10-11-22-35(32)40-36(33)34/h1-25,39H. The Morgan fingerprint density at radius 3 is 1.55 bits per heavy atom. The molecule has 0 atom stereocenters. The second-order valence-electron chi connectivity index (χ2n) is 9.64. The van der Waals surface area contributed by atoms with Crippen LogP contribution in [0.15, 0.2) is 152 Å². The Labute approximate surface area is 237 Å². The van der Waals surface area contributed by atoms with E-state index < -0.39 is 0 Å². The van der Waals surface area contributed by atoms with Gasteiger partial charge < -0.3 is 14.9 Å². The summed E-state index contributed by atoms with van der Waals surface area (Å²) < 4.78 is 2.47. The molecule has 4 heteroatoms. The van der Waals surface area contributed by atoms with Crippen LogP contribution in [0, 0.1) is 0 Å². The molecule has 0 aliphatic heterocycles. The van der Waals surface area contributed by atoms with Crippen molar-refractivity contribution in [3.05, 3.63) is 152 Å². The van der Waals surface area contributed by atoms with E-state index in [1.807, 2.05) is 54.6 Å². The van der Waals surface area contributed by atoms with Gasteiger partial charge in [0.1, 0.15) is 5.75 Å². The number of para-hydroxylation sites is 3. The van der Waals surface area contributed by atoms with Gasteiger partial charge in [-0.25, -0.2) is 0 Å². The zero-order valence-electron chi connectivity index (χ0n) is 21.7. The van der Waals surface area contributed by atoms with Crippen molar-refractivity contribution in [2.75, 3.05) is 9.80 Å². The lowest BCUT2D eigenvalue weighted by Gasteiger charge is -2.30. The Morgan fingerprint density at radius 2 is 0.925 bits per heavy atom. The van der Waals surface area contributed by atoms with Crippen molar-refractivity contribution in [3.63, 3.8) is 0 Å². The highest BCUT2D eigenvalue weighted by molar-refractivity contribution is 7.26. The predicted octanol–water partition coefficient (Wildman–Crippen LogP) is 10.7. The summed E-state index contributed by atoms with van der Waals surface area (Å²) in [7, 11) is 0. The molecule has 3 nitrogen and oxygen atoms in total. The molecule has 0 spiro atoms. The van der Waals surface area contributed by atoms with Gasteiger partial charge >= 0.3 is 0 Å². The Kier molecular flexibility index (Phi) is 6.15. The van der Waals surface area contributed by atoms with Gasteiger partial charge in [0, 0.05) is 44.7 Å². The Balaban J connectivity index is 1.47. The van der Waals surface area contributed by atoms with E-state index in [-0.39, 0.29) is 5.75 Å². The van der Waals surface area contributed by atoms with Crippen molar-refractivity contribution in [3.8, 4) is 5.75 Å². The summed E-state index contributed by atoms with van der Waals surface area (Å²) in [6, 6.07) is 51.8. The highest BCUT2D eigenvalue weighted by Gasteiger charge is 2.21. The lowest BCUT2D eigenvalue weighted by molar-refractivity contribution is 0.475. The third-order valence-corrected chi connectivity index (χ3v) is 8.28. The van der Waals surface area contributed by atoms with E-state index >= 15 is 0 Å². The van der Waals surface area contributed by atoms with Crippen LogP contribution < -0.4 is 9.80 Å². The molecule has 40 heavy (non-hydrogen) atoms. The second-order valence-corrected chi connectivity index (χ2v) is 10.7. The van der Waals surface area contributed by atoms with Crippen molar-refractivity contribution in [2.24, 2.45) is 0 Å². The molecule has 192 valence electrons. The Morgan fingerprint density at radius 1 is 0.425 bits per heavy atom. The number of nitrogens with zero attached hydrogens (tertiary/aromatic N) is 2. The van der Waals surface area contributed by atoms with E-state index in [9.17, 15) is 5.11 Å². The van der Waals surface area contributed by atoms with Gasteiger partial charge in [0.2, 0.25) is 0 Å². The molecule has 0 saturated heterocycles. The van der Waals surface area contributed by atoms with Crippen LogP contribution in [0.25, 0.3) is 20.2 Å². The van der Waals surface area contributed by atoms with Gasteiger partial charge in [0.25, 0.3) is 0 Å². The fraction of sp³-hybridized carbons (Fsp3) is 0. The first-order valence-corrected chi connectivity index (χ1v) is 14.1. The number of hydrogen-bond acceptors (Lipinski definition) is 4. The molecule has 0 bridgehead atoms. The van der Waals surface area contributed by atoms with Crippen molar-refractivity contribution in [2.45, 2.75) is 0 Å². The molecule has 0 radical (unpaired) electrons. The van der Waals surface area contributed by atoms with Crippen molar-refractivity contribution in [1.29, 1.82) is 0 Å². The van der Waals surface area contributed by atoms with E-state index in [4.69, 9.17) is 0 Å². The SMILES string of the molecule is Oc1cc(N(c2ccccc2)c2ccccc2)cc(N(c2ccccc2)c2cccc3c2sc2ccccc23)c1. The largest absolute Gasteiger partial charge is 0.508 e. The average Bonchev–Trinajstić information content (AvgIpc) is 3.39. The lowest BCUT2D eigenvalue weighted by atomic mass is 10.1. The van der Waals surface area contributed by atoms with Crippen LogP contribution in [-0.4, -0.2) is 5.11 Å².